The summed E-state index contributed by atoms with van der Waals surface area (Å²) in [7, 11) is 0. The lowest BCUT2D eigenvalue weighted by Crippen LogP contribution is -2.34. The summed E-state index contributed by atoms with van der Waals surface area (Å²) in [6.07, 6.45) is 4.77. The third-order valence-corrected chi connectivity index (χ3v) is 3.84. The fourth-order valence-corrected chi connectivity index (χ4v) is 2.66. The Kier molecular flexibility index (Phi) is 3.96. The maximum atomic E-state index is 6.02. The lowest BCUT2D eigenvalue weighted by Gasteiger charge is -2.28. The molecule has 1 saturated carbocycles. The standard InChI is InChI=1S/C16H26N2/c1-16(2,3)12-7-9-14(10-8-12)18-15-6-4-5-13(17)11-15/h7-10,13,15,18H,4-6,11,17H2,1-3H3. The lowest BCUT2D eigenvalue weighted by atomic mass is 9.87. The van der Waals surface area contributed by atoms with E-state index in [0.29, 0.717) is 12.1 Å². The molecular formula is C16H26N2. The van der Waals surface area contributed by atoms with Gasteiger partial charge in [0, 0.05) is 17.8 Å². The number of benzene rings is 1. The van der Waals surface area contributed by atoms with Crippen molar-refractivity contribution in [1.82, 2.24) is 0 Å². The maximum absolute atomic E-state index is 6.02. The molecule has 2 nitrogen and oxygen atoms in total. The van der Waals surface area contributed by atoms with E-state index < -0.39 is 0 Å². The van der Waals surface area contributed by atoms with Crippen LogP contribution in [0.3, 0.4) is 0 Å². The van der Waals surface area contributed by atoms with Gasteiger partial charge in [-0.2, -0.15) is 0 Å². The van der Waals surface area contributed by atoms with Crippen molar-refractivity contribution in [2.45, 2.75) is 64.0 Å². The summed E-state index contributed by atoms with van der Waals surface area (Å²) < 4.78 is 0. The molecule has 1 aromatic carbocycles. The van der Waals surface area contributed by atoms with Crippen LogP contribution in [0.5, 0.6) is 0 Å². The fraction of sp³-hybridized carbons (Fsp3) is 0.625. The van der Waals surface area contributed by atoms with E-state index in [1.54, 1.807) is 0 Å². The molecule has 0 heterocycles. The van der Waals surface area contributed by atoms with E-state index >= 15 is 0 Å². The molecule has 1 fully saturated rings. The molecule has 2 rings (SSSR count). The number of nitrogens with two attached hydrogens (primary N) is 1. The first kappa shape index (κ1) is 13.4. The van der Waals surface area contributed by atoms with Gasteiger partial charge < -0.3 is 11.1 Å². The van der Waals surface area contributed by atoms with Gasteiger partial charge in [0.05, 0.1) is 0 Å². The number of rotatable bonds is 2. The van der Waals surface area contributed by atoms with Gasteiger partial charge in [-0.1, -0.05) is 32.9 Å². The smallest absolute Gasteiger partial charge is 0.0342 e. The van der Waals surface area contributed by atoms with Crippen LogP contribution in [0.15, 0.2) is 24.3 Å². The van der Waals surface area contributed by atoms with E-state index in [0.717, 1.165) is 6.42 Å². The minimum Gasteiger partial charge on any atom is -0.382 e. The zero-order chi connectivity index (χ0) is 13.2. The van der Waals surface area contributed by atoms with Crippen LogP contribution >= 0.6 is 0 Å². The number of anilines is 1. The predicted molar refractivity (Wildman–Crippen MR) is 79.0 cm³/mol. The molecule has 0 spiro atoms. The Labute approximate surface area is 111 Å². The fourth-order valence-electron chi connectivity index (χ4n) is 2.66. The monoisotopic (exact) mass is 246 g/mol. The van der Waals surface area contributed by atoms with Crippen LogP contribution in [-0.2, 0) is 5.41 Å². The topological polar surface area (TPSA) is 38.0 Å². The normalized spacial score (nSPS) is 24.9. The van der Waals surface area contributed by atoms with E-state index in [9.17, 15) is 0 Å². The van der Waals surface area contributed by atoms with Gasteiger partial charge in [-0.15, -0.1) is 0 Å². The molecule has 1 aliphatic carbocycles. The molecule has 100 valence electrons. The molecule has 0 aromatic heterocycles. The van der Waals surface area contributed by atoms with Crippen molar-refractivity contribution in [1.29, 1.82) is 0 Å². The van der Waals surface area contributed by atoms with Crippen molar-refractivity contribution >= 4 is 5.69 Å². The SMILES string of the molecule is CC(C)(C)c1ccc(NC2CCCC(N)C2)cc1. The van der Waals surface area contributed by atoms with Crippen LogP contribution in [0.2, 0.25) is 0 Å². The largest absolute Gasteiger partial charge is 0.382 e. The summed E-state index contributed by atoms with van der Waals surface area (Å²) in [4.78, 5) is 0. The summed E-state index contributed by atoms with van der Waals surface area (Å²) in [6, 6.07) is 9.77. The van der Waals surface area contributed by atoms with Gasteiger partial charge in [-0.3, -0.25) is 0 Å². The van der Waals surface area contributed by atoms with Crippen molar-refractivity contribution in [3.63, 3.8) is 0 Å². The highest BCUT2D eigenvalue weighted by molar-refractivity contribution is 5.46. The Balaban J connectivity index is 1.98. The van der Waals surface area contributed by atoms with Gasteiger partial charge in [0.2, 0.25) is 0 Å². The summed E-state index contributed by atoms with van der Waals surface area (Å²) in [5, 5.41) is 3.61. The molecule has 1 aromatic rings. The Morgan fingerprint density at radius 1 is 1.11 bits per heavy atom. The highest BCUT2D eigenvalue weighted by atomic mass is 14.9. The predicted octanol–water partition coefficient (Wildman–Crippen LogP) is 3.67. The van der Waals surface area contributed by atoms with Crippen LogP contribution in [0.25, 0.3) is 0 Å². The number of nitrogens with one attached hydrogen (secondary N) is 1. The molecule has 0 aliphatic heterocycles. The zero-order valence-electron chi connectivity index (χ0n) is 11.9. The Hall–Kier alpha value is -1.02. The van der Waals surface area contributed by atoms with Crippen molar-refractivity contribution in [2.24, 2.45) is 5.73 Å². The van der Waals surface area contributed by atoms with E-state index in [1.165, 1.54) is 30.5 Å². The molecule has 2 unspecified atom stereocenters. The molecule has 0 saturated heterocycles. The quantitative estimate of drug-likeness (QED) is 0.835. The highest BCUT2D eigenvalue weighted by Gasteiger charge is 2.19. The summed E-state index contributed by atoms with van der Waals surface area (Å²) in [5.74, 6) is 0. The lowest BCUT2D eigenvalue weighted by molar-refractivity contribution is 0.409. The van der Waals surface area contributed by atoms with Crippen molar-refractivity contribution in [3.8, 4) is 0 Å². The second kappa shape index (κ2) is 5.31. The molecule has 2 atom stereocenters. The van der Waals surface area contributed by atoms with Gasteiger partial charge in [-0.05, 0) is 48.8 Å². The summed E-state index contributed by atoms with van der Waals surface area (Å²) in [5.41, 5.74) is 8.85. The molecule has 2 heteroatoms. The third kappa shape index (κ3) is 3.49. The van der Waals surface area contributed by atoms with Gasteiger partial charge in [0.25, 0.3) is 0 Å². The molecule has 18 heavy (non-hydrogen) atoms. The number of hydrogen-bond donors (Lipinski definition) is 2. The number of hydrogen-bond acceptors (Lipinski definition) is 2. The minimum atomic E-state index is 0.228. The Bertz CT molecular complexity index is 375. The van der Waals surface area contributed by atoms with Gasteiger partial charge >= 0.3 is 0 Å². The van der Waals surface area contributed by atoms with E-state index in [4.69, 9.17) is 5.73 Å². The molecular weight excluding hydrogens is 220 g/mol. The second-order valence-corrected chi connectivity index (χ2v) is 6.60. The molecule has 1 aliphatic rings. The second-order valence-electron chi connectivity index (χ2n) is 6.60. The van der Waals surface area contributed by atoms with Gasteiger partial charge in [0.15, 0.2) is 0 Å². The first-order valence-electron chi connectivity index (χ1n) is 7.08. The average Bonchev–Trinajstić information content (AvgIpc) is 2.28. The molecule has 3 N–H and O–H groups in total. The first-order valence-corrected chi connectivity index (χ1v) is 7.08. The van der Waals surface area contributed by atoms with Crippen molar-refractivity contribution in [3.05, 3.63) is 29.8 Å². The van der Waals surface area contributed by atoms with Crippen LogP contribution in [0.4, 0.5) is 5.69 Å². The van der Waals surface area contributed by atoms with Crippen molar-refractivity contribution < 1.29 is 0 Å². The van der Waals surface area contributed by atoms with E-state index in [2.05, 4.69) is 50.4 Å². The Morgan fingerprint density at radius 2 is 1.78 bits per heavy atom. The van der Waals surface area contributed by atoms with Crippen molar-refractivity contribution in [2.75, 3.05) is 5.32 Å². The van der Waals surface area contributed by atoms with Crippen LogP contribution < -0.4 is 11.1 Å². The summed E-state index contributed by atoms with van der Waals surface area (Å²) >= 11 is 0. The van der Waals surface area contributed by atoms with Crippen LogP contribution in [0, 0.1) is 0 Å². The first-order chi connectivity index (χ1) is 8.45. The highest BCUT2D eigenvalue weighted by Crippen LogP contribution is 2.25. The van der Waals surface area contributed by atoms with E-state index in [-0.39, 0.29) is 5.41 Å². The Morgan fingerprint density at radius 3 is 2.33 bits per heavy atom. The molecule has 0 radical (unpaired) electrons. The van der Waals surface area contributed by atoms with E-state index in [1.807, 2.05) is 0 Å². The van der Waals surface area contributed by atoms with Gasteiger partial charge in [-0.25, -0.2) is 0 Å². The summed E-state index contributed by atoms with van der Waals surface area (Å²) in [6.45, 7) is 6.74. The van der Waals surface area contributed by atoms with Crippen LogP contribution in [0.1, 0.15) is 52.0 Å². The van der Waals surface area contributed by atoms with Crippen LogP contribution in [-0.4, -0.2) is 12.1 Å². The average molecular weight is 246 g/mol. The van der Waals surface area contributed by atoms with Gasteiger partial charge in [0.1, 0.15) is 0 Å². The maximum Gasteiger partial charge on any atom is 0.0342 e. The molecule has 0 amide bonds. The third-order valence-electron chi connectivity index (χ3n) is 3.84. The minimum absolute atomic E-state index is 0.228. The molecule has 0 bridgehead atoms. The zero-order valence-corrected chi connectivity index (χ0v) is 11.9.